The van der Waals surface area contributed by atoms with Crippen LogP contribution in [0.5, 0.6) is 0 Å². The molecule has 0 aliphatic heterocycles. The summed E-state index contributed by atoms with van der Waals surface area (Å²) in [5, 5.41) is 7.82. The van der Waals surface area contributed by atoms with Crippen molar-refractivity contribution in [3.8, 4) is 0 Å². The van der Waals surface area contributed by atoms with Crippen LogP contribution >= 0.6 is 11.3 Å². The molecule has 7 heteroatoms. The van der Waals surface area contributed by atoms with Gasteiger partial charge in [-0.05, 0) is 6.92 Å². The molecule has 0 saturated heterocycles. The first kappa shape index (κ1) is 9.56. The number of aromatic nitrogens is 2. The van der Waals surface area contributed by atoms with Gasteiger partial charge in [0.25, 0.3) is 10.0 Å². The molecule has 0 bridgehead atoms. The zero-order valence-corrected chi connectivity index (χ0v) is 8.61. The van der Waals surface area contributed by atoms with Gasteiger partial charge in [-0.25, -0.2) is 12.7 Å². The lowest BCUT2D eigenvalue weighted by molar-refractivity contribution is 0.519. The van der Waals surface area contributed by atoms with Gasteiger partial charge in [-0.1, -0.05) is 11.3 Å². The highest BCUT2D eigenvalue weighted by atomic mass is 32.2. The van der Waals surface area contributed by atoms with Crippen molar-refractivity contribution in [1.29, 1.82) is 0 Å². The summed E-state index contributed by atoms with van der Waals surface area (Å²) >= 11 is 1.07. The molecule has 0 aliphatic carbocycles. The van der Waals surface area contributed by atoms with Crippen LogP contribution in [0.25, 0.3) is 0 Å². The van der Waals surface area contributed by atoms with Crippen LogP contribution in [0.15, 0.2) is 4.34 Å². The Morgan fingerprint density at radius 1 is 1.33 bits per heavy atom. The highest BCUT2D eigenvalue weighted by molar-refractivity contribution is 7.91. The van der Waals surface area contributed by atoms with Crippen LogP contribution in [0.3, 0.4) is 0 Å². The fraction of sp³-hybridized carbons (Fsp3) is 0.600. The predicted molar refractivity (Wildman–Crippen MR) is 45.5 cm³/mol. The third-order valence-corrected chi connectivity index (χ3v) is 4.21. The van der Waals surface area contributed by atoms with E-state index in [1.54, 1.807) is 6.92 Å². The first-order chi connectivity index (χ1) is 5.44. The molecule has 0 N–H and O–H groups in total. The number of rotatable bonds is 2. The first-order valence-corrected chi connectivity index (χ1v) is 5.43. The van der Waals surface area contributed by atoms with E-state index in [1.165, 1.54) is 14.1 Å². The van der Waals surface area contributed by atoms with Crippen LogP contribution in [0.4, 0.5) is 0 Å². The molecule has 0 unspecified atom stereocenters. The topological polar surface area (TPSA) is 63.2 Å². The van der Waals surface area contributed by atoms with Crippen molar-refractivity contribution < 1.29 is 8.42 Å². The Labute approximate surface area is 75.1 Å². The quantitative estimate of drug-likeness (QED) is 0.690. The van der Waals surface area contributed by atoms with Crippen molar-refractivity contribution in [2.45, 2.75) is 11.3 Å². The van der Waals surface area contributed by atoms with E-state index in [4.69, 9.17) is 0 Å². The van der Waals surface area contributed by atoms with E-state index in [2.05, 4.69) is 10.2 Å². The molecule has 0 amide bonds. The number of aryl methyl sites for hydroxylation is 1. The molecule has 1 rings (SSSR count). The van der Waals surface area contributed by atoms with Gasteiger partial charge in [0.1, 0.15) is 5.01 Å². The molecule has 0 aliphatic rings. The van der Waals surface area contributed by atoms with Gasteiger partial charge in [-0.2, -0.15) is 0 Å². The molecule has 12 heavy (non-hydrogen) atoms. The summed E-state index contributed by atoms with van der Waals surface area (Å²) in [7, 11) is -0.449. The lowest BCUT2D eigenvalue weighted by Gasteiger charge is -2.06. The lowest BCUT2D eigenvalue weighted by Crippen LogP contribution is -2.21. The smallest absolute Gasteiger partial charge is 0.204 e. The maximum absolute atomic E-state index is 11.4. The minimum atomic E-state index is -3.38. The average molecular weight is 207 g/mol. The van der Waals surface area contributed by atoms with E-state index >= 15 is 0 Å². The lowest BCUT2D eigenvalue weighted by atomic mass is 10.9. The molecular weight excluding hydrogens is 198 g/mol. The fourth-order valence-electron chi connectivity index (χ4n) is 0.539. The van der Waals surface area contributed by atoms with Gasteiger partial charge in [0.2, 0.25) is 4.34 Å². The number of sulfonamides is 1. The van der Waals surface area contributed by atoms with Crippen LogP contribution < -0.4 is 0 Å². The Kier molecular flexibility index (Phi) is 2.45. The summed E-state index contributed by atoms with van der Waals surface area (Å²) in [6, 6.07) is 0. The highest BCUT2D eigenvalue weighted by Crippen LogP contribution is 2.16. The van der Waals surface area contributed by atoms with Crippen molar-refractivity contribution in [2.24, 2.45) is 0 Å². The average Bonchev–Trinajstić information content (AvgIpc) is 2.35. The monoisotopic (exact) mass is 207 g/mol. The van der Waals surface area contributed by atoms with E-state index in [0.29, 0.717) is 5.01 Å². The Balaban J connectivity index is 3.15. The van der Waals surface area contributed by atoms with Crippen LogP contribution in [0.2, 0.25) is 0 Å². The highest BCUT2D eigenvalue weighted by Gasteiger charge is 2.21. The Morgan fingerprint density at radius 3 is 2.25 bits per heavy atom. The maximum Gasteiger partial charge on any atom is 0.271 e. The molecule has 68 valence electrons. The van der Waals surface area contributed by atoms with E-state index < -0.39 is 10.0 Å². The van der Waals surface area contributed by atoms with Gasteiger partial charge in [-0.15, -0.1) is 10.2 Å². The summed E-state index contributed by atoms with van der Waals surface area (Å²) in [6.45, 7) is 1.71. The van der Waals surface area contributed by atoms with E-state index in [0.717, 1.165) is 15.6 Å². The minimum absolute atomic E-state index is 0.0463. The molecular formula is C5H9N3O2S2. The summed E-state index contributed by atoms with van der Waals surface area (Å²) in [6.07, 6.45) is 0. The number of hydrogen-bond acceptors (Lipinski definition) is 5. The summed E-state index contributed by atoms with van der Waals surface area (Å²) in [4.78, 5) is 0. The van der Waals surface area contributed by atoms with Crippen molar-refractivity contribution in [1.82, 2.24) is 14.5 Å². The van der Waals surface area contributed by atoms with Gasteiger partial charge in [0, 0.05) is 14.1 Å². The largest absolute Gasteiger partial charge is 0.271 e. The van der Waals surface area contributed by atoms with Crippen LogP contribution in [-0.4, -0.2) is 37.0 Å². The van der Waals surface area contributed by atoms with E-state index in [9.17, 15) is 8.42 Å². The van der Waals surface area contributed by atoms with Gasteiger partial charge < -0.3 is 0 Å². The fourth-order valence-corrected chi connectivity index (χ4v) is 2.64. The normalized spacial score (nSPS) is 12.3. The van der Waals surface area contributed by atoms with E-state index in [-0.39, 0.29) is 4.34 Å². The van der Waals surface area contributed by atoms with E-state index in [1.807, 2.05) is 0 Å². The molecule has 0 atom stereocenters. The molecule has 0 saturated carbocycles. The number of nitrogens with zero attached hydrogens (tertiary/aromatic N) is 3. The Morgan fingerprint density at radius 2 is 1.92 bits per heavy atom. The van der Waals surface area contributed by atoms with Crippen molar-refractivity contribution in [3.05, 3.63) is 5.01 Å². The second-order valence-electron chi connectivity index (χ2n) is 2.37. The molecule has 1 heterocycles. The second-order valence-corrected chi connectivity index (χ2v) is 5.88. The standard InChI is InChI=1S/C5H9N3O2S2/c1-4-6-7-5(11-4)12(9,10)8(2)3/h1-3H3. The van der Waals surface area contributed by atoms with Gasteiger partial charge in [0.15, 0.2) is 0 Å². The van der Waals surface area contributed by atoms with Crippen molar-refractivity contribution >= 4 is 21.4 Å². The minimum Gasteiger partial charge on any atom is -0.204 e. The summed E-state index contributed by atoms with van der Waals surface area (Å²) < 4.78 is 23.9. The SMILES string of the molecule is Cc1nnc(S(=O)(=O)N(C)C)s1. The van der Waals surface area contributed by atoms with Gasteiger partial charge >= 0.3 is 0 Å². The third kappa shape index (κ3) is 1.62. The summed E-state index contributed by atoms with van der Waals surface area (Å²) in [5.41, 5.74) is 0. The van der Waals surface area contributed by atoms with Crippen LogP contribution in [-0.2, 0) is 10.0 Å². The van der Waals surface area contributed by atoms with Gasteiger partial charge in [0.05, 0.1) is 0 Å². The molecule has 0 radical (unpaired) electrons. The van der Waals surface area contributed by atoms with Crippen molar-refractivity contribution in [3.63, 3.8) is 0 Å². The summed E-state index contributed by atoms with van der Waals surface area (Å²) in [5.74, 6) is 0. The van der Waals surface area contributed by atoms with Crippen LogP contribution in [0.1, 0.15) is 5.01 Å². The van der Waals surface area contributed by atoms with Crippen LogP contribution in [0, 0.1) is 6.92 Å². The number of hydrogen-bond donors (Lipinski definition) is 0. The van der Waals surface area contributed by atoms with Gasteiger partial charge in [-0.3, -0.25) is 0 Å². The predicted octanol–water partition coefficient (Wildman–Crippen LogP) is 0.0968. The zero-order valence-electron chi connectivity index (χ0n) is 6.97. The third-order valence-electron chi connectivity index (χ3n) is 1.21. The molecule has 0 aromatic carbocycles. The maximum atomic E-state index is 11.4. The Hall–Kier alpha value is -0.530. The molecule has 5 nitrogen and oxygen atoms in total. The second kappa shape index (κ2) is 3.08. The molecule has 1 aromatic heterocycles. The first-order valence-electron chi connectivity index (χ1n) is 3.17. The zero-order chi connectivity index (χ0) is 9.35. The molecule has 0 spiro atoms. The molecule has 0 fully saturated rings. The Bertz CT molecular complexity index is 368. The van der Waals surface area contributed by atoms with Crippen molar-refractivity contribution in [2.75, 3.05) is 14.1 Å². The molecule has 1 aromatic rings.